The lowest BCUT2D eigenvalue weighted by atomic mass is 10.1. The highest BCUT2D eigenvalue weighted by Crippen LogP contribution is 2.37. The van der Waals surface area contributed by atoms with Crippen molar-refractivity contribution in [2.75, 3.05) is 4.31 Å². The molecular formula is C24H24N2O7S. The Kier molecular flexibility index (Phi) is 7.62. The van der Waals surface area contributed by atoms with Crippen LogP contribution in [0.15, 0.2) is 65.6 Å². The van der Waals surface area contributed by atoms with Crippen molar-refractivity contribution in [3.8, 4) is 5.75 Å². The van der Waals surface area contributed by atoms with Gasteiger partial charge in [-0.05, 0) is 31.0 Å². The molecule has 0 bridgehead atoms. The number of hydrogen-bond acceptors (Lipinski definition) is 7. The molecule has 0 aromatic heterocycles. The fourth-order valence-corrected chi connectivity index (χ4v) is 4.98. The highest BCUT2D eigenvalue weighted by molar-refractivity contribution is 7.93. The number of amides is 1. The quantitative estimate of drug-likeness (QED) is 0.182. The van der Waals surface area contributed by atoms with E-state index in [-0.39, 0.29) is 29.2 Å². The second-order valence-electron chi connectivity index (χ2n) is 7.52. The Labute approximate surface area is 197 Å². The standard InChI is InChI=1S/C24H24N2O7S/c1-3-8-23(27)25(34(31,32)18-11-7-10-17(16-18)26(29)30)21-14-15-22(33-24(28)9-4-2)20-13-6-5-12-19(20)21/h5-7,10-16H,3-4,8-9H2,1-2H3. The third-order valence-corrected chi connectivity index (χ3v) is 6.75. The second-order valence-corrected chi connectivity index (χ2v) is 9.31. The first kappa shape index (κ1) is 24.8. The van der Waals surface area contributed by atoms with Gasteiger partial charge >= 0.3 is 5.97 Å². The van der Waals surface area contributed by atoms with Crippen LogP contribution in [0.1, 0.15) is 39.5 Å². The lowest BCUT2D eigenvalue weighted by molar-refractivity contribution is -0.385. The predicted molar refractivity (Wildman–Crippen MR) is 127 cm³/mol. The molecule has 0 heterocycles. The molecule has 3 aromatic carbocycles. The molecule has 3 aromatic rings. The Morgan fingerprint density at radius 2 is 1.62 bits per heavy atom. The van der Waals surface area contributed by atoms with E-state index in [1.807, 2.05) is 6.92 Å². The number of carbonyl (C=O) groups is 2. The van der Waals surface area contributed by atoms with Crippen LogP contribution in [0.25, 0.3) is 10.8 Å². The number of hydrogen-bond donors (Lipinski definition) is 0. The third-order valence-electron chi connectivity index (χ3n) is 5.01. The monoisotopic (exact) mass is 484 g/mol. The topological polar surface area (TPSA) is 124 Å². The molecule has 0 saturated heterocycles. The first-order chi connectivity index (χ1) is 16.2. The Balaban J connectivity index is 2.22. The molecule has 0 saturated carbocycles. The summed E-state index contributed by atoms with van der Waals surface area (Å²) in [5.41, 5.74) is -0.345. The van der Waals surface area contributed by atoms with E-state index in [1.165, 1.54) is 30.3 Å². The van der Waals surface area contributed by atoms with Gasteiger partial charge in [0, 0.05) is 35.7 Å². The molecule has 0 spiro atoms. The van der Waals surface area contributed by atoms with Crippen LogP contribution in [-0.2, 0) is 19.6 Å². The molecule has 0 fully saturated rings. The smallest absolute Gasteiger partial charge is 0.311 e. The van der Waals surface area contributed by atoms with Gasteiger partial charge in [-0.1, -0.05) is 44.2 Å². The Bertz CT molecular complexity index is 1350. The largest absolute Gasteiger partial charge is 0.426 e. The Morgan fingerprint density at radius 1 is 0.941 bits per heavy atom. The molecule has 178 valence electrons. The Hall–Kier alpha value is -3.79. The number of sulfonamides is 1. The summed E-state index contributed by atoms with van der Waals surface area (Å²) < 4.78 is 33.4. The maximum absolute atomic E-state index is 13.6. The summed E-state index contributed by atoms with van der Waals surface area (Å²) in [6.07, 6.45) is 1.16. The van der Waals surface area contributed by atoms with Crippen molar-refractivity contribution < 1.29 is 27.7 Å². The average molecular weight is 485 g/mol. The van der Waals surface area contributed by atoms with Crippen LogP contribution in [0, 0.1) is 10.1 Å². The van der Waals surface area contributed by atoms with E-state index >= 15 is 0 Å². The summed E-state index contributed by atoms with van der Waals surface area (Å²) in [4.78, 5) is 35.3. The van der Waals surface area contributed by atoms with Crippen LogP contribution in [0.4, 0.5) is 11.4 Å². The van der Waals surface area contributed by atoms with Gasteiger partial charge in [0.2, 0.25) is 5.91 Å². The van der Waals surface area contributed by atoms with Crippen LogP contribution in [0.2, 0.25) is 0 Å². The van der Waals surface area contributed by atoms with Gasteiger partial charge in [-0.3, -0.25) is 19.7 Å². The van der Waals surface area contributed by atoms with Crippen molar-refractivity contribution in [1.29, 1.82) is 0 Å². The molecule has 0 atom stereocenters. The number of nitrogens with zero attached hydrogens (tertiary/aromatic N) is 2. The summed E-state index contributed by atoms with van der Waals surface area (Å²) >= 11 is 0. The summed E-state index contributed by atoms with van der Waals surface area (Å²) in [6.45, 7) is 3.59. The number of esters is 1. The SMILES string of the molecule is CCCC(=O)Oc1ccc(N(C(=O)CCC)S(=O)(=O)c2cccc([N+](=O)[O-])c2)c2ccccc12. The first-order valence-corrected chi connectivity index (χ1v) is 12.2. The molecule has 34 heavy (non-hydrogen) atoms. The van der Waals surface area contributed by atoms with Gasteiger partial charge in [-0.25, -0.2) is 12.7 Å². The van der Waals surface area contributed by atoms with E-state index < -0.39 is 32.5 Å². The van der Waals surface area contributed by atoms with Crippen LogP contribution >= 0.6 is 0 Å². The summed E-state index contributed by atoms with van der Waals surface area (Å²) in [6, 6.07) is 14.1. The van der Waals surface area contributed by atoms with Gasteiger partial charge in [0.25, 0.3) is 15.7 Å². The molecule has 0 aliphatic carbocycles. The number of fused-ring (bicyclic) bond motifs is 1. The zero-order valence-corrected chi connectivity index (χ0v) is 19.6. The molecule has 3 rings (SSSR count). The lowest BCUT2D eigenvalue weighted by Crippen LogP contribution is -2.37. The van der Waals surface area contributed by atoms with E-state index in [0.717, 1.165) is 6.07 Å². The number of carbonyl (C=O) groups excluding carboxylic acids is 2. The minimum atomic E-state index is -4.50. The number of benzene rings is 3. The first-order valence-electron chi connectivity index (χ1n) is 10.8. The van der Waals surface area contributed by atoms with Gasteiger partial charge in [-0.2, -0.15) is 0 Å². The van der Waals surface area contributed by atoms with E-state index in [1.54, 1.807) is 31.2 Å². The molecule has 0 aliphatic rings. The van der Waals surface area contributed by atoms with E-state index in [2.05, 4.69) is 0 Å². The van der Waals surface area contributed by atoms with Gasteiger partial charge in [0.15, 0.2) is 0 Å². The summed E-state index contributed by atoms with van der Waals surface area (Å²) in [5, 5.41) is 12.0. The number of anilines is 1. The van der Waals surface area contributed by atoms with Crippen molar-refractivity contribution in [1.82, 2.24) is 0 Å². The third kappa shape index (κ3) is 5.07. The van der Waals surface area contributed by atoms with Crippen LogP contribution in [0.5, 0.6) is 5.75 Å². The number of rotatable bonds is 9. The molecular weight excluding hydrogens is 460 g/mol. The Morgan fingerprint density at radius 3 is 2.26 bits per heavy atom. The predicted octanol–water partition coefficient (Wildman–Crippen LogP) is 4.98. The van der Waals surface area contributed by atoms with Crippen LogP contribution < -0.4 is 9.04 Å². The van der Waals surface area contributed by atoms with Gasteiger partial charge < -0.3 is 4.74 Å². The second kappa shape index (κ2) is 10.4. The van der Waals surface area contributed by atoms with Crippen LogP contribution in [-0.4, -0.2) is 25.2 Å². The molecule has 9 nitrogen and oxygen atoms in total. The molecule has 10 heteroatoms. The average Bonchev–Trinajstić information content (AvgIpc) is 2.81. The zero-order chi connectivity index (χ0) is 24.9. The zero-order valence-electron chi connectivity index (χ0n) is 18.8. The molecule has 0 N–H and O–H groups in total. The minimum Gasteiger partial charge on any atom is -0.426 e. The van der Waals surface area contributed by atoms with Gasteiger partial charge in [0.1, 0.15) is 5.75 Å². The highest BCUT2D eigenvalue weighted by Gasteiger charge is 2.33. The normalized spacial score (nSPS) is 11.2. The van der Waals surface area contributed by atoms with Gasteiger partial charge in [-0.15, -0.1) is 0 Å². The van der Waals surface area contributed by atoms with E-state index in [0.29, 0.717) is 27.9 Å². The number of nitro groups is 1. The number of nitro benzene ring substituents is 1. The van der Waals surface area contributed by atoms with Crippen molar-refractivity contribution in [3.05, 3.63) is 70.8 Å². The lowest BCUT2D eigenvalue weighted by Gasteiger charge is -2.24. The van der Waals surface area contributed by atoms with Crippen molar-refractivity contribution in [3.63, 3.8) is 0 Å². The van der Waals surface area contributed by atoms with Crippen LogP contribution in [0.3, 0.4) is 0 Å². The summed E-state index contributed by atoms with van der Waals surface area (Å²) in [7, 11) is -4.50. The molecule has 1 amide bonds. The fraction of sp³-hybridized carbons (Fsp3) is 0.250. The van der Waals surface area contributed by atoms with Crippen molar-refractivity contribution >= 4 is 44.0 Å². The summed E-state index contributed by atoms with van der Waals surface area (Å²) in [5.74, 6) is -0.869. The van der Waals surface area contributed by atoms with E-state index in [9.17, 15) is 28.1 Å². The number of non-ortho nitro benzene ring substituents is 1. The fourth-order valence-electron chi connectivity index (χ4n) is 3.48. The minimum absolute atomic E-state index is 0.0598. The van der Waals surface area contributed by atoms with Crippen molar-refractivity contribution in [2.24, 2.45) is 0 Å². The number of ether oxygens (including phenoxy) is 1. The van der Waals surface area contributed by atoms with Gasteiger partial charge in [0.05, 0.1) is 15.5 Å². The molecule has 0 radical (unpaired) electrons. The molecule has 0 unspecified atom stereocenters. The highest BCUT2D eigenvalue weighted by atomic mass is 32.2. The van der Waals surface area contributed by atoms with E-state index in [4.69, 9.17) is 4.74 Å². The molecule has 0 aliphatic heterocycles. The van der Waals surface area contributed by atoms with Crippen molar-refractivity contribution in [2.45, 2.75) is 44.4 Å². The maximum atomic E-state index is 13.6. The maximum Gasteiger partial charge on any atom is 0.311 e.